The molecular weight excluding hydrogens is 471 g/mol. The van der Waals surface area contributed by atoms with Gasteiger partial charge in [-0.2, -0.15) is 0 Å². The number of benzene rings is 2. The topological polar surface area (TPSA) is 101 Å². The molecule has 1 N–H and O–H groups in total. The van der Waals surface area contributed by atoms with Crippen LogP contribution in [0.3, 0.4) is 0 Å². The number of hydrogen-bond acceptors (Lipinski definition) is 5. The van der Waals surface area contributed by atoms with Gasteiger partial charge in [-0.25, -0.2) is 16.8 Å². The Morgan fingerprint density at radius 3 is 2.03 bits per heavy atom. The van der Waals surface area contributed by atoms with Gasteiger partial charge in [-0.1, -0.05) is 35.3 Å². The molecule has 7 nitrogen and oxygen atoms in total. The van der Waals surface area contributed by atoms with Crippen molar-refractivity contribution in [2.24, 2.45) is 0 Å². The Kier molecular flexibility index (Phi) is 7.45. The van der Waals surface area contributed by atoms with Crippen molar-refractivity contribution < 1.29 is 21.6 Å². The number of anilines is 1. The quantitative estimate of drug-likeness (QED) is 0.637. The second-order valence-corrected chi connectivity index (χ2v) is 11.6. The van der Waals surface area contributed by atoms with E-state index in [0.717, 1.165) is 16.8 Å². The molecule has 2 aromatic carbocycles. The highest BCUT2D eigenvalue weighted by molar-refractivity contribution is 7.92. The monoisotopic (exact) mass is 492 g/mol. The summed E-state index contributed by atoms with van der Waals surface area (Å²) < 4.78 is 48.9. The molecule has 0 spiro atoms. The summed E-state index contributed by atoms with van der Waals surface area (Å²) in [4.78, 5) is 13.0. The second kappa shape index (κ2) is 9.13. The summed E-state index contributed by atoms with van der Waals surface area (Å²) in [5.41, 5.74) is 0.758. The number of carbonyl (C=O) groups excluding carboxylic acids is 1. The second-order valence-electron chi connectivity index (χ2n) is 6.90. The van der Waals surface area contributed by atoms with Gasteiger partial charge >= 0.3 is 0 Å². The van der Waals surface area contributed by atoms with Crippen molar-refractivity contribution in [2.75, 3.05) is 16.8 Å². The summed E-state index contributed by atoms with van der Waals surface area (Å²) in [6.45, 7) is 3.14. The van der Waals surface area contributed by atoms with E-state index in [1.165, 1.54) is 37.3 Å². The fraction of sp³-hybridized carbons (Fsp3) is 0.316. The van der Waals surface area contributed by atoms with Crippen LogP contribution < -0.4 is 9.62 Å². The van der Waals surface area contributed by atoms with Crippen molar-refractivity contribution in [3.63, 3.8) is 0 Å². The number of nitrogens with zero attached hydrogens (tertiary/aromatic N) is 1. The van der Waals surface area contributed by atoms with Crippen LogP contribution in [0.25, 0.3) is 0 Å². The Morgan fingerprint density at radius 2 is 1.53 bits per heavy atom. The van der Waals surface area contributed by atoms with E-state index < -0.39 is 37.9 Å². The molecule has 0 aliphatic carbocycles. The van der Waals surface area contributed by atoms with Crippen LogP contribution in [0.1, 0.15) is 25.5 Å². The molecule has 0 fully saturated rings. The Balaban J connectivity index is 2.28. The summed E-state index contributed by atoms with van der Waals surface area (Å²) in [6.07, 6.45) is 2.08. The molecular formula is C19H22Cl2N2O5S2. The highest BCUT2D eigenvalue weighted by Gasteiger charge is 2.31. The smallest absolute Gasteiger partial charge is 0.244 e. The Morgan fingerprint density at radius 1 is 0.967 bits per heavy atom. The fourth-order valence-corrected chi connectivity index (χ4v) is 5.09. The lowest BCUT2D eigenvalue weighted by Crippen LogP contribution is -2.48. The summed E-state index contributed by atoms with van der Waals surface area (Å²) >= 11 is 12.1. The predicted molar refractivity (Wildman–Crippen MR) is 119 cm³/mol. The first-order valence-electron chi connectivity index (χ1n) is 8.76. The van der Waals surface area contributed by atoms with Gasteiger partial charge in [0, 0.05) is 11.3 Å². The van der Waals surface area contributed by atoms with Gasteiger partial charge in [0.1, 0.15) is 6.04 Å². The standard InChI is InChI=1S/C19H22Cl2N2O5S2/c1-12(14-5-8-16(9-6-14)29(3,25)26)22-19(24)13(2)23(30(4,27)28)18-11-15(20)7-10-17(18)21/h5-13H,1-4H3,(H,22,24)/t12-,13-/m0/s1. The van der Waals surface area contributed by atoms with Crippen LogP contribution in [0.5, 0.6) is 0 Å². The summed E-state index contributed by atoms with van der Waals surface area (Å²) in [5, 5.41) is 3.15. The van der Waals surface area contributed by atoms with Crippen LogP contribution in [0.2, 0.25) is 10.0 Å². The lowest BCUT2D eigenvalue weighted by molar-refractivity contribution is -0.122. The number of sulfone groups is 1. The summed E-state index contributed by atoms with van der Waals surface area (Å²) in [5.74, 6) is -0.559. The number of hydrogen-bond donors (Lipinski definition) is 1. The number of sulfonamides is 1. The molecule has 2 atom stereocenters. The number of amides is 1. The molecule has 0 aromatic heterocycles. The SMILES string of the molecule is C[C@H](NC(=O)[C@H](C)N(c1cc(Cl)ccc1Cl)S(C)(=O)=O)c1ccc(S(C)(=O)=O)cc1. The van der Waals surface area contributed by atoms with Crippen LogP contribution in [0.4, 0.5) is 5.69 Å². The minimum absolute atomic E-state index is 0.0967. The maximum absolute atomic E-state index is 12.8. The third-order valence-electron chi connectivity index (χ3n) is 4.40. The van der Waals surface area contributed by atoms with Gasteiger partial charge in [0.2, 0.25) is 15.9 Å². The van der Waals surface area contributed by atoms with Gasteiger partial charge < -0.3 is 5.32 Å². The maximum atomic E-state index is 12.8. The third kappa shape index (κ3) is 5.87. The largest absolute Gasteiger partial charge is 0.348 e. The first kappa shape index (κ1) is 24.5. The first-order valence-corrected chi connectivity index (χ1v) is 13.3. The van der Waals surface area contributed by atoms with Gasteiger partial charge in [-0.15, -0.1) is 0 Å². The number of rotatable bonds is 7. The van der Waals surface area contributed by atoms with Crippen LogP contribution in [0, 0.1) is 0 Å². The molecule has 0 bridgehead atoms. The summed E-state index contributed by atoms with van der Waals surface area (Å²) in [6, 6.07) is 8.81. The Labute approximate surface area is 187 Å². The van der Waals surface area contributed by atoms with Gasteiger partial charge in [0.05, 0.1) is 27.9 Å². The molecule has 2 aromatic rings. The van der Waals surface area contributed by atoms with E-state index in [9.17, 15) is 21.6 Å². The molecule has 0 unspecified atom stereocenters. The van der Waals surface area contributed by atoms with E-state index in [2.05, 4.69) is 5.32 Å². The molecule has 0 heterocycles. The van der Waals surface area contributed by atoms with Crippen molar-refractivity contribution in [1.29, 1.82) is 0 Å². The van der Waals surface area contributed by atoms with E-state index in [4.69, 9.17) is 23.2 Å². The fourth-order valence-electron chi connectivity index (χ4n) is 2.86. The maximum Gasteiger partial charge on any atom is 0.244 e. The summed E-state index contributed by atoms with van der Waals surface area (Å²) in [7, 11) is -7.19. The lowest BCUT2D eigenvalue weighted by atomic mass is 10.1. The molecule has 1 amide bonds. The van der Waals surface area contributed by atoms with Gasteiger partial charge in [0.25, 0.3) is 0 Å². The van der Waals surface area contributed by atoms with Crippen LogP contribution >= 0.6 is 23.2 Å². The molecule has 0 saturated heterocycles. The zero-order valence-electron chi connectivity index (χ0n) is 16.8. The molecule has 30 heavy (non-hydrogen) atoms. The molecule has 11 heteroatoms. The van der Waals surface area contributed by atoms with Crippen LogP contribution in [-0.4, -0.2) is 41.3 Å². The predicted octanol–water partition coefficient (Wildman–Crippen LogP) is 3.43. The minimum atomic E-state index is -3.86. The van der Waals surface area contributed by atoms with Crippen molar-refractivity contribution in [3.05, 3.63) is 58.1 Å². The van der Waals surface area contributed by atoms with Gasteiger partial charge in [-0.05, 0) is 49.7 Å². The van der Waals surface area contributed by atoms with Crippen molar-refractivity contribution in [3.8, 4) is 0 Å². The molecule has 164 valence electrons. The zero-order chi connectivity index (χ0) is 22.9. The minimum Gasteiger partial charge on any atom is -0.348 e. The van der Waals surface area contributed by atoms with Crippen molar-refractivity contribution in [2.45, 2.75) is 30.8 Å². The molecule has 0 aliphatic heterocycles. The molecule has 0 saturated carbocycles. The van der Waals surface area contributed by atoms with E-state index in [1.807, 2.05) is 0 Å². The highest BCUT2D eigenvalue weighted by Crippen LogP contribution is 2.32. The Bertz CT molecular complexity index is 1150. The average molecular weight is 493 g/mol. The average Bonchev–Trinajstić information content (AvgIpc) is 2.62. The van der Waals surface area contributed by atoms with Crippen molar-refractivity contribution in [1.82, 2.24) is 5.32 Å². The third-order valence-corrected chi connectivity index (χ3v) is 7.31. The van der Waals surface area contributed by atoms with E-state index in [0.29, 0.717) is 5.56 Å². The van der Waals surface area contributed by atoms with E-state index >= 15 is 0 Å². The molecule has 0 radical (unpaired) electrons. The molecule has 2 rings (SSSR count). The number of halogens is 2. The van der Waals surface area contributed by atoms with Crippen LogP contribution in [-0.2, 0) is 24.7 Å². The lowest BCUT2D eigenvalue weighted by Gasteiger charge is -2.30. The van der Waals surface area contributed by atoms with Crippen molar-refractivity contribution >= 4 is 54.7 Å². The normalized spacial score (nSPS) is 14.1. The zero-order valence-corrected chi connectivity index (χ0v) is 19.9. The highest BCUT2D eigenvalue weighted by atomic mass is 35.5. The molecule has 0 aliphatic rings. The van der Waals surface area contributed by atoms with Crippen LogP contribution in [0.15, 0.2) is 47.4 Å². The van der Waals surface area contributed by atoms with E-state index in [1.54, 1.807) is 19.1 Å². The van der Waals surface area contributed by atoms with Gasteiger partial charge in [-0.3, -0.25) is 9.10 Å². The van der Waals surface area contributed by atoms with E-state index in [-0.39, 0.29) is 20.6 Å². The number of nitrogens with one attached hydrogen (secondary N) is 1. The first-order chi connectivity index (χ1) is 13.7. The Hall–Kier alpha value is -1.81. The number of carbonyl (C=O) groups is 1. The van der Waals surface area contributed by atoms with Gasteiger partial charge in [0.15, 0.2) is 9.84 Å².